The monoisotopic (exact) mass is 350 g/mol. The molecular weight excluding hydrogens is 336 g/mol. The molecule has 24 heavy (non-hydrogen) atoms. The van der Waals surface area contributed by atoms with Crippen LogP contribution in [0.4, 0.5) is 11.4 Å². The molecule has 0 unspecified atom stereocenters. The van der Waals surface area contributed by atoms with Crippen molar-refractivity contribution < 1.29 is 22.9 Å². The largest absolute Gasteiger partial charge is 0.484 e. The number of hydrogen-bond donors (Lipinski definition) is 1. The third kappa shape index (κ3) is 4.78. The smallest absolute Gasteiger partial charge is 0.273 e. The highest BCUT2D eigenvalue weighted by Crippen LogP contribution is 2.19. The number of nitrogens with zero attached hydrogens (tertiary/aromatic N) is 1. The summed E-state index contributed by atoms with van der Waals surface area (Å²) >= 11 is 0. The van der Waals surface area contributed by atoms with Crippen molar-refractivity contribution in [2.75, 3.05) is 18.2 Å². The molecule has 0 atom stereocenters. The lowest BCUT2D eigenvalue weighted by Gasteiger charge is -2.08. The first-order chi connectivity index (χ1) is 11.3. The molecule has 1 N–H and O–H groups in total. The average molecular weight is 350 g/mol. The summed E-state index contributed by atoms with van der Waals surface area (Å²) in [5, 5.41) is 13.2. The van der Waals surface area contributed by atoms with Gasteiger partial charge in [0.25, 0.3) is 11.6 Å². The maximum absolute atomic E-state index is 11.8. The number of rotatable bonds is 6. The van der Waals surface area contributed by atoms with Crippen LogP contribution in [0, 0.1) is 10.1 Å². The van der Waals surface area contributed by atoms with Crippen LogP contribution in [-0.2, 0) is 14.6 Å². The van der Waals surface area contributed by atoms with E-state index in [0.717, 1.165) is 6.26 Å². The van der Waals surface area contributed by atoms with Gasteiger partial charge in [-0.2, -0.15) is 0 Å². The van der Waals surface area contributed by atoms with Gasteiger partial charge in [-0.05, 0) is 30.3 Å². The topological polar surface area (TPSA) is 116 Å². The maximum atomic E-state index is 11.8. The molecule has 0 aliphatic rings. The minimum atomic E-state index is -3.30. The summed E-state index contributed by atoms with van der Waals surface area (Å²) in [5.41, 5.74) is 0.277. The number of sulfone groups is 1. The molecule has 9 heteroatoms. The molecular formula is C15H14N2O6S. The van der Waals surface area contributed by atoms with Crippen LogP contribution in [0.15, 0.2) is 53.4 Å². The Kier molecular flexibility index (Phi) is 5.14. The summed E-state index contributed by atoms with van der Waals surface area (Å²) in [7, 11) is -3.30. The van der Waals surface area contributed by atoms with E-state index in [1.807, 2.05) is 0 Å². The Hall–Kier alpha value is -2.94. The Morgan fingerprint density at radius 1 is 1.21 bits per heavy atom. The van der Waals surface area contributed by atoms with Crippen LogP contribution < -0.4 is 10.1 Å². The van der Waals surface area contributed by atoms with Crippen molar-refractivity contribution >= 4 is 27.1 Å². The van der Waals surface area contributed by atoms with E-state index in [2.05, 4.69) is 5.32 Å². The molecule has 0 heterocycles. The Bertz CT molecular complexity index is 862. The van der Waals surface area contributed by atoms with Crippen LogP contribution in [0.1, 0.15) is 0 Å². The van der Waals surface area contributed by atoms with Gasteiger partial charge in [0.15, 0.2) is 16.4 Å². The highest BCUT2D eigenvalue weighted by molar-refractivity contribution is 7.90. The maximum Gasteiger partial charge on any atom is 0.273 e. The predicted molar refractivity (Wildman–Crippen MR) is 86.8 cm³/mol. The summed E-state index contributed by atoms with van der Waals surface area (Å²) < 4.78 is 27.9. The number of hydrogen-bond acceptors (Lipinski definition) is 6. The minimum Gasteiger partial charge on any atom is -0.484 e. The molecule has 0 aromatic heterocycles. The second-order valence-corrected chi connectivity index (χ2v) is 6.90. The predicted octanol–water partition coefficient (Wildman–Crippen LogP) is 2.02. The van der Waals surface area contributed by atoms with Crippen molar-refractivity contribution in [3.05, 3.63) is 58.6 Å². The second-order valence-electron chi connectivity index (χ2n) is 4.89. The van der Waals surface area contributed by atoms with Crippen LogP contribution in [0.2, 0.25) is 0 Å². The average Bonchev–Trinajstić information content (AvgIpc) is 2.53. The number of nitro groups is 1. The van der Waals surface area contributed by atoms with Gasteiger partial charge in [0.2, 0.25) is 0 Å². The molecule has 0 aliphatic heterocycles. The number of carbonyl (C=O) groups excluding carboxylic acids is 1. The Morgan fingerprint density at radius 2 is 1.88 bits per heavy atom. The minimum absolute atomic E-state index is 0.135. The van der Waals surface area contributed by atoms with E-state index in [9.17, 15) is 23.3 Å². The molecule has 1 amide bonds. The third-order valence-electron chi connectivity index (χ3n) is 2.96. The number of non-ortho nitro benzene ring substituents is 1. The third-order valence-corrected chi connectivity index (χ3v) is 4.09. The number of benzene rings is 2. The molecule has 2 rings (SSSR count). The lowest BCUT2D eigenvalue weighted by atomic mass is 10.3. The Labute approximate surface area is 138 Å². The Balaban J connectivity index is 1.94. The van der Waals surface area contributed by atoms with Gasteiger partial charge < -0.3 is 10.1 Å². The normalized spacial score (nSPS) is 10.9. The number of carbonyl (C=O) groups is 1. The first-order valence-electron chi connectivity index (χ1n) is 6.73. The number of nitrogens with one attached hydrogen (secondary N) is 1. The number of anilines is 1. The van der Waals surface area contributed by atoms with Gasteiger partial charge in [0.1, 0.15) is 5.75 Å². The quantitative estimate of drug-likeness (QED) is 0.629. The number of ether oxygens (including phenoxy) is 1. The van der Waals surface area contributed by atoms with Crippen LogP contribution in [0.5, 0.6) is 5.75 Å². The number of amides is 1. The van der Waals surface area contributed by atoms with Gasteiger partial charge in [-0.15, -0.1) is 0 Å². The van der Waals surface area contributed by atoms with E-state index >= 15 is 0 Å². The fraction of sp³-hybridized carbons (Fsp3) is 0.133. The molecule has 2 aromatic rings. The Morgan fingerprint density at radius 3 is 2.46 bits per heavy atom. The van der Waals surface area contributed by atoms with Crippen LogP contribution in [0.3, 0.4) is 0 Å². The first kappa shape index (κ1) is 17.4. The molecule has 8 nitrogen and oxygen atoms in total. The molecule has 0 radical (unpaired) electrons. The molecule has 0 bridgehead atoms. The van der Waals surface area contributed by atoms with Crippen LogP contribution >= 0.6 is 0 Å². The van der Waals surface area contributed by atoms with Gasteiger partial charge in [-0.25, -0.2) is 8.42 Å². The summed E-state index contributed by atoms with van der Waals surface area (Å²) in [6.45, 7) is -0.338. The van der Waals surface area contributed by atoms with E-state index in [-0.39, 0.29) is 22.9 Å². The fourth-order valence-electron chi connectivity index (χ4n) is 1.82. The molecule has 126 valence electrons. The molecule has 0 fully saturated rings. The zero-order valence-corrected chi connectivity index (χ0v) is 13.4. The van der Waals surface area contributed by atoms with Crippen LogP contribution in [0.25, 0.3) is 0 Å². The van der Waals surface area contributed by atoms with E-state index in [1.165, 1.54) is 48.5 Å². The van der Waals surface area contributed by atoms with Crippen LogP contribution in [-0.4, -0.2) is 32.1 Å². The highest BCUT2D eigenvalue weighted by Gasteiger charge is 2.10. The van der Waals surface area contributed by atoms with Crippen molar-refractivity contribution in [3.8, 4) is 5.75 Å². The SMILES string of the molecule is CS(=O)(=O)c1ccc(NC(=O)COc2cccc([N+](=O)[O-])c2)cc1. The van der Waals surface area contributed by atoms with Gasteiger partial charge in [0.05, 0.1) is 15.9 Å². The first-order valence-corrected chi connectivity index (χ1v) is 8.62. The zero-order valence-electron chi connectivity index (χ0n) is 12.6. The van der Waals surface area contributed by atoms with Crippen molar-refractivity contribution in [2.45, 2.75) is 4.90 Å². The fourth-order valence-corrected chi connectivity index (χ4v) is 2.45. The standard InChI is InChI=1S/C15H14N2O6S/c1-24(21,22)14-7-5-11(6-8-14)16-15(18)10-23-13-4-2-3-12(9-13)17(19)20/h2-9H,10H2,1H3,(H,16,18). The lowest BCUT2D eigenvalue weighted by molar-refractivity contribution is -0.384. The zero-order chi connectivity index (χ0) is 17.7. The van der Waals surface area contributed by atoms with Crippen molar-refractivity contribution in [1.29, 1.82) is 0 Å². The van der Waals surface area contributed by atoms with Crippen molar-refractivity contribution in [2.24, 2.45) is 0 Å². The van der Waals surface area contributed by atoms with E-state index in [4.69, 9.17) is 4.74 Å². The lowest BCUT2D eigenvalue weighted by Crippen LogP contribution is -2.20. The molecule has 0 aliphatic carbocycles. The van der Waals surface area contributed by atoms with Crippen molar-refractivity contribution in [1.82, 2.24) is 0 Å². The van der Waals surface area contributed by atoms with Gasteiger partial charge >= 0.3 is 0 Å². The summed E-state index contributed by atoms with van der Waals surface area (Å²) in [6.07, 6.45) is 1.09. The van der Waals surface area contributed by atoms with Crippen molar-refractivity contribution in [3.63, 3.8) is 0 Å². The molecule has 0 spiro atoms. The number of nitro benzene ring substituents is 1. The molecule has 2 aromatic carbocycles. The summed E-state index contributed by atoms with van der Waals surface area (Å²) in [6, 6.07) is 11.2. The summed E-state index contributed by atoms with van der Waals surface area (Å²) in [4.78, 5) is 22.0. The molecule has 0 saturated heterocycles. The van der Waals surface area contributed by atoms with E-state index in [0.29, 0.717) is 5.69 Å². The van der Waals surface area contributed by atoms with Gasteiger partial charge in [0, 0.05) is 18.0 Å². The second kappa shape index (κ2) is 7.09. The van der Waals surface area contributed by atoms with E-state index in [1.54, 1.807) is 0 Å². The summed E-state index contributed by atoms with van der Waals surface area (Å²) in [5.74, 6) is -0.277. The van der Waals surface area contributed by atoms with Gasteiger partial charge in [-0.3, -0.25) is 14.9 Å². The highest BCUT2D eigenvalue weighted by atomic mass is 32.2. The van der Waals surface area contributed by atoms with E-state index < -0.39 is 20.7 Å². The van der Waals surface area contributed by atoms with Gasteiger partial charge in [-0.1, -0.05) is 6.07 Å². The molecule has 0 saturated carbocycles.